The van der Waals surface area contributed by atoms with Gasteiger partial charge in [0, 0.05) is 10.8 Å². The zero-order valence-corrected chi connectivity index (χ0v) is 10.1. The number of aromatic nitrogens is 2. The summed E-state index contributed by atoms with van der Waals surface area (Å²) in [6.45, 7) is 5.76. The molecule has 5 heteroatoms. The summed E-state index contributed by atoms with van der Waals surface area (Å²) in [7, 11) is 0. The van der Waals surface area contributed by atoms with Crippen molar-refractivity contribution in [1.82, 2.24) is 9.97 Å². The summed E-state index contributed by atoms with van der Waals surface area (Å²) < 4.78 is 0. The second kappa shape index (κ2) is 5.32. The van der Waals surface area contributed by atoms with Crippen LogP contribution >= 0.6 is 11.8 Å². The van der Waals surface area contributed by atoms with Crippen molar-refractivity contribution in [1.29, 1.82) is 0 Å². The molecule has 2 atom stereocenters. The van der Waals surface area contributed by atoms with Crippen LogP contribution in [-0.2, 0) is 6.42 Å². The Kier molecular flexibility index (Phi) is 4.35. The quantitative estimate of drug-likeness (QED) is 0.602. The molecule has 1 rings (SSSR count). The lowest BCUT2D eigenvalue weighted by Gasteiger charge is -2.15. The minimum atomic E-state index is -0.365. The van der Waals surface area contributed by atoms with Crippen molar-refractivity contribution in [3.8, 4) is 0 Å². The van der Waals surface area contributed by atoms with Crippen LogP contribution in [0, 0.1) is 0 Å². The topological polar surface area (TPSA) is 72.0 Å². The number of anilines is 1. The molecule has 15 heavy (non-hydrogen) atoms. The van der Waals surface area contributed by atoms with Gasteiger partial charge in [-0.05, 0) is 13.3 Å². The molecule has 1 heterocycles. The molecular weight excluding hydrogens is 210 g/mol. The number of thioether (sulfide) groups is 1. The fourth-order valence-electron chi connectivity index (χ4n) is 1.12. The molecule has 0 aliphatic rings. The smallest absolute Gasteiger partial charge is 0.131 e. The van der Waals surface area contributed by atoms with Crippen molar-refractivity contribution in [2.75, 3.05) is 5.73 Å². The minimum Gasteiger partial charge on any atom is -0.392 e. The fourth-order valence-corrected chi connectivity index (χ4v) is 2.17. The van der Waals surface area contributed by atoms with E-state index in [0.29, 0.717) is 5.82 Å². The van der Waals surface area contributed by atoms with E-state index >= 15 is 0 Å². The van der Waals surface area contributed by atoms with Gasteiger partial charge in [-0.3, -0.25) is 0 Å². The molecule has 0 saturated carbocycles. The summed E-state index contributed by atoms with van der Waals surface area (Å²) in [6.07, 6.45) is 1.91. The number of nitrogen functional groups attached to an aromatic ring is 1. The van der Waals surface area contributed by atoms with Crippen molar-refractivity contribution < 1.29 is 5.11 Å². The molecule has 4 nitrogen and oxygen atoms in total. The molecule has 0 aliphatic carbocycles. The molecule has 0 radical (unpaired) electrons. The summed E-state index contributed by atoms with van der Waals surface area (Å²) in [5.74, 6) is 0.535. The van der Waals surface area contributed by atoms with Gasteiger partial charge < -0.3 is 10.8 Å². The predicted octanol–water partition coefficient (Wildman–Crippen LogP) is 1.48. The largest absolute Gasteiger partial charge is 0.392 e. The van der Waals surface area contributed by atoms with Crippen LogP contribution in [0.4, 0.5) is 5.82 Å². The lowest BCUT2D eigenvalue weighted by molar-refractivity contribution is 0.196. The first kappa shape index (κ1) is 12.3. The highest BCUT2D eigenvalue weighted by atomic mass is 32.2. The Balaban J connectivity index is 2.89. The molecule has 0 fully saturated rings. The molecule has 0 saturated heterocycles. The Hall–Kier alpha value is -0.810. The Bertz CT molecular complexity index is 330. The number of aliphatic hydroxyl groups is 1. The first-order valence-electron chi connectivity index (χ1n) is 5.00. The van der Waals surface area contributed by atoms with Crippen LogP contribution in [0.1, 0.15) is 26.3 Å². The SMILES string of the molecule is CCc1c(N)ncnc1SC(C)C(C)O. The highest BCUT2D eigenvalue weighted by molar-refractivity contribution is 7.99. The van der Waals surface area contributed by atoms with E-state index in [1.165, 1.54) is 18.1 Å². The van der Waals surface area contributed by atoms with Crippen molar-refractivity contribution in [2.24, 2.45) is 0 Å². The standard InChI is InChI=1S/C10H17N3OS/c1-4-8-9(11)12-5-13-10(8)15-7(3)6(2)14/h5-7,14H,4H2,1-3H3,(H2,11,12,13). The van der Waals surface area contributed by atoms with Gasteiger partial charge in [-0.15, -0.1) is 11.8 Å². The lowest BCUT2D eigenvalue weighted by Crippen LogP contribution is -2.16. The zero-order valence-electron chi connectivity index (χ0n) is 9.27. The van der Waals surface area contributed by atoms with Gasteiger partial charge in [-0.25, -0.2) is 9.97 Å². The maximum absolute atomic E-state index is 9.42. The number of aliphatic hydroxyl groups excluding tert-OH is 1. The van der Waals surface area contributed by atoms with Crippen LogP contribution in [-0.4, -0.2) is 26.4 Å². The first-order chi connectivity index (χ1) is 7.06. The number of nitrogens with two attached hydrogens (primary N) is 1. The van der Waals surface area contributed by atoms with Crippen LogP contribution in [0.3, 0.4) is 0 Å². The number of nitrogens with zero attached hydrogens (tertiary/aromatic N) is 2. The summed E-state index contributed by atoms with van der Waals surface area (Å²) in [6, 6.07) is 0. The van der Waals surface area contributed by atoms with Crippen LogP contribution in [0.2, 0.25) is 0 Å². The third kappa shape index (κ3) is 3.07. The second-order valence-electron chi connectivity index (χ2n) is 3.46. The monoisotopic (exact) mass is 227 g/mol. The van der Waals surface area contributed by atoms with E-state index < -0.39 is 0 Å². The maximum atomic E-state index is 9.42. The Morgan fingerprint density at radius 2 is 2.13 bits per heavy atom. The average Bonchev–Trinajstić information content (AvgIpc) is 2.18. The van der Waals surface area contributed by atoms with E-state index in [0.717, 1.165) is 17.0 Å². The first-order valence-corrected chi connectivity index (χ1v) is 5.88. The van der Waals surface area contributed by atoms with Gasteiger partial charge in [0.2, 0.25) is 0 Å². The normalized spacial score (nSPS) is 14.9. The summed E-state index contributed by atoms with van der Waals surface area (Å²) in [5, 5.41) is 10.4. The Labute approximate surface area is 94.3 Å². The van der Waals surface area contributed by atoms with E-state index in [1.54, 1.807) is 6.92 Å². The molecule has 1 aromatic heterocycles. The maximum Gasteiger partial charge on any atom is 0.131 e. The lowest BCUT2D eigenvalue weighted by atomic mass is 10.2. The van der Waals surface area contributed by atoms with Crippen LogP contribution in [0.15, 0.2) is 11.4 Å². The molecule has 2 unspecified atom stereocenters. The number of hydrogen-bond donors (Lipinski definition) is 2. The number of rotatable bonds is 4. The highest BCUT2D eigenvalue weighted by Gasteiger charge is 2.15. The molecule has 0 spiro atoms. The van der Waals surface area contributed by atoms with Gasteiger partial charge >= 0.3 is 0 Å². The van der Waals surface area contributed by atoms with Crippen molar-refractivity contribution in [3.63, 3.8) is 0 Å². The van der Waals surface area contributed by atoms with E-state index in [4.69, 9.17) is 5.73 Å². The second-order valence-corrected chi connectivity index (χ2v) is 4.83. The molecule has 0 aromatic carbocycles. The van der Waals surface area contributed by atoms with Gasteiger partial charge in [0.15, 0.2) is 0 Å². The molecule has 0 bridgehead atoms. The van der Waals surface area contributed by atoms with Gasteiger partial charge in [-0.1, -0.05) is 13.8 Å². The van der Waals surface area contributed by atoms with E-state index in [-0.39, 0.29) is 11.4 Å². The van der Waals surface area contributed by atoms with Crippen LogP contribution in [0.5, 0.6) is 0 Å². The van der Waals surface area contributed by atoms with Gasteiger partial charge in [0.25, 0.3) is 0 Å². The molecular formula is C10H17N3OS. The van der Waals surface area contributed by atoms with E-state index in [2.05, 4.69) is 9.97 Å². The van der Waals surface area contributed by atoms with Gasteiger partial charge in [-0.2, -0.15) is 0 Å². The molecule has 1 aromatic rings. The minimum absolute atomic E-state index is 0.101. The molecule has 0 aliphatic heterocycles. The summed E-state index contributed by atoms with van der Waals surface area (Å²) in [5.41, 5.74) is 6.72. The average molecular weight is 227 g/mol. The number of hydrogen-bond acceptors (Lipinski definition) is 5. The molecule has 3 N–H and O–H groups in total. The van der Waals surface area contributed by atoms with Crippen molar-refractivity contribution >= 4 is 17.6 Å². The van der Waals surface area contributed by atoms with Crippen LogP contribution in [0.25, 0.3) is 0 Å². The molecule has 84 valence electrons. The summed E-state index contributed by atoms with van der Waals surface area (Å²) in [4.78, 5) is 8.15. The van der Waals surface area contributed by atoms with Crippen molar-refractivity contribution in [2.45, 2.75) is 43.6 Å². The van der Waals surface area contributed by atoms with Crippen LogP contribution < -0.4 is 5.73 Å². The third-order valence-corrected chi connectivity index (χ3v) is 3.61. The van der Waals surface area contributed by atoms with E-state index in [9.17, 15) is 5.11 Å². The summed E-state index contributed by atoms with van der Waals surface area (Å²) >= 11 is 1.54. The van der Waals surface area contributed by atoms with Crippen molar-refractivity contribution in [3.05, 3.63) is 11.9 Å². The fraction of sp³-hybridized carbons (Fsp3) is 0.600. The van der Waals surface area contributed by atoms with Gasteiger partial charge in [0.1, 0.15) is 17.2 Å². The van der Waals surface area contributed by atoms with Gasteiger partial charge in [0.05, 0.1) is 6.10 Å². The Morgan fingerprint density at radius 3 is 2.67 bits per heavy atom. The highest BCUT2D eigenvalue weighted by Crippen LogP contribution is 2.28. The predicted molar refractivity (Wildman–Crippen MR) is 62.8 cm³/mol. The molecule has 0 amide bonds. The zero-order chi connectivity index (χ0) is 11.4. The Morgan fingerprint density at radius 1 is 1.47 bits per heavy atom. The van der Waals surface area contributed by atoms with E-state index in [1.807, 2.05) is 13.8 Å². The third-order valence-electron chi connectivity index (χ3n) is 2.27.